The minimum Gasteiger partial charge on any atom is -0.383 e. The van der Waals surface area contributed by atoms with Crippen molar-refractivity contribution in [1.82, 2.24) is 9.88 Å². The quantitative estimate of drug-likeness (QED) is 0.818. The maximum atomic E-state index is 12.7. The number of carbonyl (C=O) groups excluding carboxylic acids is 1. The zero-order valence-electron chi connectivity index (χ0n) is 12.0. The van der Waals surface area contributed by atoms with Crippen LogP contribution in [0.4, 0.5) is 0 Å². The molecule has 2 heterocycles. The Balaban J connectivity index is 2.20. The highest BCUT2D eigenvalue weighted by Crippen LogP contribution is 2.20. The number of nitrogens with zero attached hydrogens (tertiary/aromatic N) is 2. The van der Waals surface area contributed by atoms with E-state index in [-0.39, 0.29) is 5.91 Å². The van der Waals surface area contributed by atoms with Gasteiger partial charge in [-0.25, -0.2) is 0 Å². The Labute approximate surface area is 133 Å². The molecule has 2 aromatic rings. The van der Waals surface area contributed by atoms with Gasteiger partial charge >= 0.3 is 0 Å². The van der Waals surface area contributed by atoms with Crippen molar-refractivity contribution < 1.29 is 9.53 Å². The zero-order chi connectivity index (χ0) is 15.2. The van der Waals surface area contributed by atoms with Crippen LogP contribution in [-0.2, 0) is 11.3 Å². The number of hydrogen-bond donors (Lipinski definition) is 0. The normalized spacial score (nSPS) is 10.6. The maximum absolute atomic E-state index is 12.7. The lowest BCUT2D eigenvalue weighted by molar-refractivity contribution is 0.0682. The van der Waals surface area contributed by atoms with Crippen LogP contribution >= 0.6 is 22.9 Å². The predicted molar refractivity (Wildman–Crippen MR) is 84.9 cm³/mol. The van der Waals surface area contributed by atoms with Crippen molar-refractivity contribution in [3.8, 4) is 0 Å². The monoisotopic (exact) mass is 324 g/mol. The molecular formula is C15H17ClN2O2S. The average molecular weight is 325 g/mol. The number of hydrogen-bond acceptors (Lipinski definition) is 4. The second kappa shape index (κ2) is 7.54. The van der Waals surface area contributed by atoms with Crippen LogP contribution in [0.25, 0.3) is 0 Å². The maximum Gasteiger partial charge on any atom is 0.257 e. The van der Waals surface area contributed by atoms with Crippen LogP contribution in [0.1, 0.15) is 20.9 Å². The first-order valence-corrected chi connectivity index (χ1v) is 7.80. The van der Waals surface area contributed by atoms with E-state index in [1.165, 1.54) is 6.20 Å². The predicted octanol–water partition coefficient (Wildman–Crippen LogP) is 3.39. The van der Waals surface area contributed by atoms with Gasteiger partial charge in [0, 0.05) is 30.4 Å². The Morgan fingerprint density at radius 3 is 2.95 bits per heavy atom. The van der Waals surface area contributed by atoms with Crippen LogP contribution in [0, 0.1) is 6.92 Å². The van der Waals surface area contributed by atoms with Gasteiger partial charge in [-0.2, -0.15) is 0 Å². The van der Waals surface area contributed by atoms with Gasteiger partial charge in [0.25, 0.3) is 5.91 Å². The third kappa shape index (κ3) is 4.27. The Hall–Kier alpha value is -1.43. The highest BCUT2D eigenvalue weighted by atomic mass is 35.5. The first kappa shape index (κ1) is 15.9. The second-order valence-electron chi connectivity index (χ2n) is 4.60. The van der Waals surface area contributed by atoms with Crippen molar-refractivity contribution >= 4 is 28.8 Å². The van der Waals surface area contributed by atoms with Crippen molar-refractivity contribution in [3.63, 3.8) is 0 Å². The molecule has 0 aliphatic rings. The molecule has 6 heteroatoms. The SMILES string of the molecule is COCCN(Cc1cccs1)C(=O)c1cnc(C)cc1Cl. The van der Waals surface area contributed by atoms with Crippen molar-refractivity contribution in [2.24, 2.45) is 0 Å². The molecule has 0 radical (unpaired) electrons. The molecule has 112 valence electrons. The number of aryl methyl sites for hydroxylation is 1. The van der Waals surface area contributed by atoms with Crippen molar-refractivity contribution in [3.05, 3.63) is 50.9 Å². The average Bonchev–Trinajstić information content (AvgIpc) is 2.95. The van der Waals surface area contributed by atoms with Gasteiger partial charge in [-0.1, -0.05) is 17.7 Å². The summed E-state index contributed by atoms with van der Waals surface area (Å²) in [7, 11) is 1.62. The van der Waals surface area contributed by atoms with E-state index in [0.717, 1.165) is 10.6 Å². The molecule has 0 spiro atoms. The van der Waals surface area contributed by atoms with Gasteiger partial charge in [0.05, 0.1) is 23.7 Å². The number of aromatic nitrogens is 1. The number of ether oxygens (including phenoxy) is 1. The lowest BCUT2D eigenvalue weighted by atomic mass is 10.2. The number of methoxy groups -OCH3 is 1. The molecule has 0 atom stereocenters. The van der Waals surface area contributed by atoms with E-state index < -0.39 is 0 Å². The van der Waals surface area contributed by atoms with E-state index >= 15 is 0 Å². The topological polar surface area (TPSA) is 42.4 Å². The van der Waals surface area contributed by atoms with E-state index in [9.17, 15) is 4.79 Å². The molecule has 0 bridgehead atoms. The fourth-order valence-corrected chi connectivity index (χ4v) is 2.91. The van der Waals surface area contributed by atoms with E-state index in [1.54, 1.807) is 29.4 Å². The molecule has 2 rings (SSSR count). The molecule has 2 aromatic heterocycles. The summed E-state index contributed by atoms with van der Waals surface area (Å²) in [6.45, 7) is 3.38. The van der Waals surface area contributed by atoms with E-state index in [2.05, 4.69) is 4.98 Å². The van der Waals surface area contributed by atoms with Crippen LogP contribution in [0.2, 0.25) is 5.02 Å². The molecule has 4 nitrogen and oxygen atoms in total. The van der Waals surface area contributed by atoms with Gasteiger partial charge in [0.1, 0.15) is 0 Å². The minimum absolute atomic E-state index is 0.127. The summed E-state index contributed by atoms with van der Waals surface area (Å²) in [5, 5.41) is 2.43. The molecule has 0 saturated carbocycles. The summed E-state index contributed by atoms with van der Waals surface area (Å²) in [5.41, 5.74) is 1.22. The number of amides is 1. The van der Waals surface area contributed by atoms with E-state index in [4.69, 9.17) is 16.3 Å². The van der Waals surface area contributed by atoms with Crippen molar-refractivity contribution in [2.75, 3.05) is 20.3 Å². The van der Waals surface area contributed by atoms with Crippen LogP contribution < -0.4 is 0 Å². The van der Waals surface area contributed by atoms with Gasteiger partial charge in [0.2, 0.25) is 0 Å². The fourth-order valence-electron chi connectivity index (χ4n) is 1.90. The first-order valence-electron chi connectivity index (χ1n) is 6.54. The Bertz CT molecular complexity index is 602. The Morgan fingerprint density at radius 2 is 2.33 bits per heavy atom. The number of pyridine rings is 1. The summed E-state index contributed by atoms with van der Waals surface area (Å²) in [6.07, 6.45) is 1.54. The van der Waals surface area contributed by atoms with E-state index in [0.29, 0.717) is 30.3 Å². The Kier molecular flexibility index (Phi) is 5.73. The van der Waals surface area contributed by atoms with Crippen molar-refractivity contribution in [2.45, 2.75) is 13.5 Å². The minimum atomic E-state index is -0.127. The van der Waals surface area contributed by atoms with Crippen LogP contribution in [-0.4, -0.2) is 36.1 Å². The third-order valence-electron chi connectivity index (χ3n) is 3.00. The first-order chi connectivity index (χ1) is 10.1. The third-order valence-corrected chi connectivity index (χ3v) is 4.17. The standard InChI is InChI=1S/C15H17ClN2O2S/c1-11-8-14(16)13(9-17-11)15(19)18(5-6-20-2)10-12-4-3-7-21-12/h3-4,7-9H,5-6,10H2,1-2H3. The summed E-state index contributed by atoms with van der Waals surface area (Å²) in [5.74, 6) is -0.127. The van der Waals surface area contributed by atoms with Gasteiger partial charge in [-0.15, -0.1) is 11.3 Å². The summed E-state index contributed by atoms with van der Waals surface area (Å²) in [6, 6.07) is 5.68. The molecule has 0 aromatic carbocycles. The molecule has 0 unspecified atom stereocenters. The second-order valence-corrected chi connectivity index (χ2v) is 6.04. The molecule has 0 fully saturated rings. The summed E-state index contributed by atoms with van der Waals surface area (Å²) >= 11 is 7.79. The molecule has 1 amide bonds. The van der Waals surface area contributed by atoms with E-state index in [1.807, 2.05) is 24.4 Å². The molecule has 0 N–H and O–H groups in total. The number of rotatable bonds is 6. The number of carbonyl (C=O) groups is 1. The molecule has 0 saturated heterocycles. The molecular weight excluding hydrogens is 308 g/mol. The summed E-state index contributed by atoms with van der Waals surface area (Å²) < 4.78 is 5.09. The smallest absolute Gasteiger partial charge is 0.257 e. The highest BCUT2D eigenvalue weighted by molar-refractivity contribution is 7.09. The van der Waals surface area contributed by atoms with Gasteiger partial charge in [-0.3, -0.25) is 9.78 Å². The largest absolute Gasteiger partial charge is 0.383 e. The number of halogens is 1. The molecule has 0 aliphatic heterocycles. The fraction of sp³-hybridized carbons (Fsp3) is 0.333. The lowest BCUT2D eigenvalue weighted by Crippen LogP contribution is -2.33. The van der Waals surface area contributed by atoms with Crippen molar-refractivity contribution in [1.29, 1.82) is 0 Å². The number of thiophene rings is 1. The van der Waals surface area contributed by atoms with Crippen LogP contribution in [0.15, 0.2) is 29.8 Å². The van der Waals surface area contributed by atoms with Crippen LogP contribution in [0.5, 0.6) is 0 Å². The Morgan fingerprint density at radius 1 is 1.52 bits per heavy atom. The van der Waals surface area contributed by atoms with Crippen LogP contribution in [0.3, 0.4) is 0 Å². The zero-order valence-corrected chi connectivity index (χ0v) is 13.6. The molecule has 21 heavy (non-hydrogen) atoms. The lowest BCUT2D eigenvalue weighted by Gasteiger charge is -2.22. The van der Waals surface area contributed by atoms with Gasteiger partial charge in [0.15, 0.2) is 0 Å². The van der Waals surface area contributed by atoms with Gasteiger partial charge in [-0.05, 0) is 24.4 Å². The highest BCUT2D eigenvalue weighted by Gasteiger charge is 2.19. The molecule has 0 aliphatic carbocycles. The van der Waals surface area contributed by atoms with Gasteiger partial charge < -0.3 is 9.64 Å². The summed E-state index contributed by atoms with van der Waals surface area (Å²) in [4.78, 5) is 19.7.